The maximum absolute atomic E-state index is 5.92. The fourth-order valence-corrected chi connectivity index (χ4v) is 3.83. The quantitative estimate of drug-likeness (QED) is 0.527. The lowest BCUT2D eigenvalue weighted by molar-refractivity contribution is -0.0261. The van der Waals surface area contributed by atoms with Crippen LogP contribution in [0.2, 0.25) is 0 Å². The van der Waals surface area contributed by atoms with Crippen molar-refractivity contribution in [2.75, 3.05) is 52.5 Å². The molecule has 1 saturated heterocycles. The molecule has 1 aromatic carbocycles. The Hall–Kier alpha value is -1.79. The fraction of sp³-hybridized carbons (Fsp3) is 0.682. The van der Waals surface area contributed by atoms with Crippen LogP contribution in [0.5, 0.6) is 5.75 Å². The second-order valence-electron chi connectivity index (χ2n) is 8.08. The predicted octanol–water partition coefficient (Wildman–Crippen LogP) is 2.08. The van der Waals surface area contributed by atoms with E-state index in [0.717, 1.165) is 70.5 Å². The molecule has 6 nitrogen and oxygen atoms in total. The molecule has 1 unspecified atom stereocenters. The maximum Gasteiger partial charge on any atom is 0.191 e. The van der Waals surface area contributed by atoms with Gasteiger partial charge in [-0.15, -0.1) is 0 Å². The Morgan fingerprint density at radius 2 is 2.18 bits per heavy atom. The van der Waals surface area contributed by atoms with Crippen molar-refractivity contribution in [1.82, 2.24) is 15.5 Å². The fourth-order valence-electron chi connectivity index (χ4n) is 3.83. The predicted molar refractivity (Wildman–Crippen MR) is 114 cm³/mol. The molecule has 1 atom stereocenters. The van der Waals surface area contributed by atoms with Gasteiger partial charge in [0.1, 0.15) is 5.75 Å². The Kier molecular flexibility index (Phi) is 7.98. The zero-order valence-corrected chi connectivity index (χ0v) is 17.7. The smallest absolute Gasteiger partial charge is 0.191 e. The van der Waals surface area contributed by atoms with Crippen LogP contribution in [-0.4, -0.2) is 69.4 Å². The summed E-state index contributed by atoms with van der Waals surface area (Å²) < 4.78 is 11.5. The molecule has 0 radical (unpaired) electrons. The van der Waals surface area contributed by atoms with Crippen LogP contribution < -0.4 is 15.4 Å². The number of aliphatic imine (C=N–C) groups is 1. The van der Waals surface area contributed by atoms with Crippen molar-refractivity contribution in [3.05, 3.63) is 29.3 Å². The van der Waals surface area contributed by atoms with Gasteiger partial charge in [-0.25, -0.2) is 0 Å². The highest BCUT2D eigenvalue weighted by atomic mass is 16.5. The summed E-state index contributed by atoms with van der Waals surface area (Å²) >= 11 is 0. The van der Waals surface area contributed by atoms with Gasteiger partial charge in [0.15, 0.2) is 5.96 Å². The van der Waals surface area contributed by atoms with E-state index >= 15 is 0 Å². The van der Waals surface area contributed by atoms with Crippen LogP contribution in [0.25, 0.3) is 0 Å². The molecule has 0 saturated carbocycles. The maximum atomic E-state index is 5.92. The van der Waals surface area contributed by atoms with Crippen LogP contribution in [0.3, 0.4) is 0 Å². The molecule has 0 aromatic heterocycles. The summed E-state index contributed by atoms with van der Waals surface area (Å²) in [5.41, 5.74) is 2.67. The first-order chi connectivity index (χ1) is 13.6. The average Bonchev–Trinajstić information content (AvgIpc) is 3.14. The van der Waals surface area contributed by atoms with Crippen molar-refractivity contribution < 1.29 is 9.47 Å². The number of ether oxygens (including phenoxy) is 2. The molecule has 1 fully saturated rings. The standard InChI is InChI=1S/C22H36N4O2/c1-4-23-22(25-14-20-16-26(10-12-27-20)15-17(2)3)24-9-7-18-5-6-21-19(13-18)8-11-28-21/h5-6,13,17,20H,4,7-12,14-16H2,1-3H3,(H2,23,24,25). The first-order valence-corrected chi connectivity index (χ1v) is 10.7. The molecule has 3 rings (SSSR count). The number of nitrogens with one attached hydrogen (secondary N) is 2. The number of guanidine groups is 1. The minimum Gasteiger partial charge on any atom is -0.493 e. The Morgan fingerprint density at radius 3 is 3.00 bits per heavy atom. The Morgan fingerprint density at radius 1 is 1.29 bits per heavy atom. The third kappa shape index (κ3) is 6.38. The van der Waals surface area contributed by atoms with Gasteiger partial charge in [0, 0.05) is 39.1 Å². The number of rotatable bonds is 8. The topological polar surface area (TPSA) is 58.1 Å². The highest BCUT2D eigenvalue weighted by molar-refractivity contribution is 5.79. The third-order valence-electron chi connectivity index (χ3n) is 5.10. The largest absolute Gasteiger partial charge is 0.493 e. The van der Waals surface area contributed by atoms with Gasteiger partial charge in [-0.05, 0) is 36.5 Å². The van der Waals surface area contributed by atoms with Gasteiger partial charge in [-0.2, -0.15) is 0 Å². The lowest BCUT2D eigenvalue weighted by Gasteiger charge is -2.33. The zero-order valence-electron chi connectivity index (χ0n) is 17.7. The molecule has 28 heavy (non-hydrogen) atoms. The molecule has 156 valence electrons. The highest BCUT2D eigenvalue weighted by Crippen LogP contribution is 2.25. The van der Waals surface area contributed by atoms with Crippen LogP contribution in [0.4, 0.5) is 0 Å². The summed E-state index contributed by atoms with van der Waals surface area (Å²) in [6, 6.07) is 6.53. The van der Waals surface area contributed by atoms with Crippen LogP contribution >= 0.6 is 0 Å². The summed E-state index contributed by atoms with van der Waals surface area (Å²) in [4.78, 5) is 7.25. The Bertz CT molecular complexity index is 647. The van der Waals surface area contributed by atoms with E-state index < -0.39 is 0 Å². The van der Waals surface area contributed by atoms with E-state index in [9.17, 15) is 0 Å². The first kappa shape index (κ1) is 20.9. The molecule has 0 aliphatic carbocycles. The zero-order chi connectivity index (χ0) is 19.8. The molecule has 2 N–H and O–H groups in total. The van der Waals surface area contributed by atoms with Crippen molar-refractivity contribution in [2.45, 2.75) is 39.7 Å². The summed E-state index contributed by atoms with van der Waals surface area (Å²) in [5, 5.41) is 6.80. The molecule has 6 heteroatoms. The van der Waals surface area contributed by atoms with Gasteiger partial charge >= 0.3 is 0 Å². The molecule has 0 spiro atoms. The molecular weight excluding hydrogens is 352 g/mol. The van der Waals surface area contributed by atoms with Gasteiger partial charge in [-0.3, -0.25) is 9.89 Å². The highest BCUT2D eigenvalue weighted by Gasteiger charge is 2.20. The monoisotopic (exact) mass is 388 g/mol. The van der Waals surface area contributed by atoms with E-state index in [1.165, 1.54) is 11.1 Å². The van der Waals surface area contributed by atoms with E-state index in [-0.39, 0.29) is 6.10 Å². The van der Waals surface area contributed by atoms with E-state index in [1.807, 2.05) is 0 Å². The number of hydrogen-bond acceptors (Lipinski definition) is 4. The number of benzene rings is 1. The minimum atomic E-state index is 0.180. The lowest BCUT2D eigenvalue weighted by Crippen LogP contribution is -2.46. The molecule has 1 aromatic rings. The van der Waals surface area contributed by atoms with Gasteiger partial charge in [0.2, 0.25) is 0 Å². The normalized spacial score (nSPS) is 20.1. The Balaban J connectivity index is 1.46. The van der Waals surface area contributed by atoms with Gasteiger partial charge in [-0.1, -0.05) is 26.0 Å². The molecular formula is C22H36N4O2. The van der Waals surface area contributed by atoms with Crippen LogP contribution in [0.15, 0.2) is 23.2 Å². The summed E-state index contributed by atoms with van der Waals surface area (Å²) in [6.07, 6.45) is 2.18. The van der Waals surface area contributed by atoms with Crippen molar-refractivity contribution in [1.29, 1.82) is 0 Å². The van der Waals surface area contributed by atoms with E-state index in [2.05, 4.69) is 54.5 Å². The molecule has 0 bridgehead atoms. The summed E-state index contributed by atoms with van der Waals surface area (Å²) in [6.45, 7) is 13.8. The summed E-state index contributed by atoms with van der Waals surface area (Å²) in [5.74, 6) is 2.61. The minimum absolute atomic E-state index is 0.180. The average molecular weight is 389 g/mol. The van der Waals surface area contributed by atoms with E-state index in [0.29, 0.717) is 12.5 Å². The first-order valence-electron chi connectivity index (χ1n) is 10.7. The SMILES string of the molecule is CCNC(=NCC1CN(CC(C)C)CCO1)NCCc1ccc2c(c1)CCO2. The molecule has 0 amide bonds. The van der Waals surface area contributed by atoms with Gasteiger partial charge < -0.3 is 20.1 Å². The number of fused-ring (bicyclic) bond motifs is 1. The third-order valence-corrected chi connectivity index (χ3v) is 5.10. The van der Waals surface area contributed by atoms with Crippen LogP contribution in [-0.2, 0) is 17.6 Å². The second-order valence-corrected chi connectivity index (χ2v) is 8.08. The van der Waals surface area contributed by atoms with Crippen LogP contribution in [0, 0.1) is 5.92 Å². The number of morpholine rings is 1. The van der Waals surface area contributed by atoms with E-state index in [1.54, 1.807) is 0 Å². The summed E-state index contributed by atoms with van der Waals surface area (Å²) in [7, 11) is 0. The second kappa shape index (κ2) is 10.7. The van der Waals surface area contributed by atoms with E-state index in [4.69, 9.17) is 14.5 Å². The molecule has 2 heterocycles. The molecule has 2 aliphatic heterocycles. The van der Waals surface area contributed by atoms with Gasteiger partial charge in [0.25, 0.3) is 0 Å². The van der Waals surface area contributed by atoms with Crippen molar-refractivity contribution in [3.63, 3.8) is 0 Å². The van der Waals surface area contributed by atoms with Crippen molar-refractivity contribution in [3.8, 4) is 5.75 Å². The lowest BCUT2D eigenvalue weighted by atomic mass is 10.1. The van der Waals surface area contributed by atoms with Gasteiger partial charge in [0.05, 0.1) is 25.9 Å². The Labute approximate surface area is 169 Å². The number of hydrogen-bond donors (Lipinski definition) is 2. The molecule has 2 aliphatic rings. The number of nitrogens with zero attached hydrogens (tertiary/aromatic N) is 2. The van der Waals surface area contributed by atoms with Crippen molar-refractivity contribution >= 4 is 5.96 Å². The van der Waals surface area contributed by atoms with Crippen molar-refractivity contribution in [2.24, 2.45) is 10.9 Å². The van der Waals surface area contributed by atoms with Crippen LogP contribution in [0.1, 0.15) is 31.9 Å².